The van der Waals surface area contributed by atoms with Gasteiger partial charge >= 0.3 is 12.0 Å². The van der Waals surface area contributed by atoms with E-state index < -0.39 is 23.6 Å². The van der Waals surface area contributed by atoms with Crippen molar-refractivity contribution in [2.24, 2.45) is 0 Å². The maximum atomic E-state index is 13.7. The number of alkyl halides is 3. The molecule has 0 radical (unpaired) electrons. The van der Waals surface area contributed by atoms with Crippen molar-refractivity contribution in [3.05, 3.63) is 70.4 Å². The summed E-state index contributed by atoms with van der Waals surface area (Å²) in [5, 5.41) is 12.9. The molecule has 1 heterocycles. The van der Waals surface area contributed by atoms with Crippen molar-refractivity contribution in [1.29, 1.82) is 0 Å². The molecule has 8 heteroatoms. The SMILES string of the molecule is CC(=O)NC1=C(c2ccc(Cl)cc2)c2ccccc2OC1(O)C(F)(F)F. The smallest absolute Gasteiger partial charge is 0.448 e. The Balaban J connectivity index is 2.38. The standard InChI is InChI=1S/C18H13ClF3NO3/c1-10(24)23-16-15(11-6-8-12(19)9-7-11)13-4-2-3-5-14(13)26-17(16,25)18(20,21)22/h2-9,25H,1H3,(H,23,24). The molecule has 0 spiro atoms. The zero-order valence-corrected chi connectivity index (χ0v) is 14.2. The Hall–Kier alpha value is -2.51. The lowest BCUT2D eigenvalue weighted by Crippen LogP contribution is -2.57. The first kappa shape index (κ1) is 18.3. The lowest BCUT2D eigenvalue weighted by molar-refractivity contribution is -0.318. The average molecular weight is 384 g/mol. The van der Waals surface area contributed by atoms with Gasteiger partial charge in [-0.1, -0.05) is 41.9 Å². The number of hydrogen-bond acceptors (Lipinski definition) is 3. The lowest BCUT2D eigenvalue weighted by Gasteiger charge is -2.38. The molecule has 0 aromatic heterocycles. The number of para-hydroxylation sites is 1. The topological polar surface area (TPSA) is 58.6 Å². The third kappa shape index (κ3) is 3.04. The van der Waals surface area contributed by atoms with Crippen molar-refractivity contribution in [3.8, 4) is 5.75 Å². The first-order chi connectivity index (χ1) is 12.1. The van der Waals surface area contributed by atoms with Crippen LogP contribution in [0.4, 0.5) is 13.2 Å². The Kier molecular flexibility index (Phi) is 4.46. The number of carbonyl (C=O) groups is 1. The molecule has 2 N–H and O–H groups in total. The van der Waals surface area contributed by atoms with Crippen LogP contribution in [-0.4, -0.2) is 23.0 Å². The molecule has 0 bridgehead atoms. The maximum absolute atomic E-state index is 13.7. The third-order valence-electron chi connectivity index (χ3n) is 3.82. The van der Waals surface area contributed by atoms with Crippen LogP contribution in [0.25, 0.3) is 5.57 Å². The van der Waals surface area contributed by atoms with Crippen LogP contribution in [0.1, 0.15) is 18.1 Å². The average Bonchev–Trinajstić information content (AvgIpc) is 2.55. The van der Waals surface area contributed by atoms with Crippen molar-refractivity contribution in [1.82, 2.24) is 5.32 Å². The van der Waals surface area contributed by atoms with E-state index in [1.165, 1.54) is 42.5 Å². The number of aliphatic hydroxyl groups is 1. The van der Waals surface area contributed by atoms with E-state index in [9.17, 15) is 23.1 Å². The molecule has 1 aliphatic rings. The first-order valence-corrected chi connectivity index (χ1v) is 7.87. The van der Waals surface area contributed by atoms with Crippen molar-refractivity contribution in [2.45, 2.75) is 18.9 Å². The van der Waals surface area contributed by atoms with Gasteiger partial charge in [0, 0.05) is 23.1 Å². The van der Waals surface area contributed by atoms with Crippen LogP contribution in [0.5, 0.6) is 5.75 Å². The van der Waals surface area contributed by atoms with E-state index in [2.05, 4.69) is 5.32 Å². The Morgan fingerprint density at radius 1 is 1.15 bits per heavy atom. The number of benzene rings is 2. The number of hydrogen-bond donors (Lipinski definition) is 2. The zero-order valence-electron chi connectivity index (χ0n) is 13.4. The van der Waals surface area contributed by atoms with Gasteiger partial charge in [0.2, 0.25) is 5.91 Å². The predicted octanol–water partition coefficient (Wildman–Crippen LogP) is 3.88. The number of fused-ring (bicyclic) bond motifs is 1. The van der Waals surface area contributed by atoms with E-state index in [4.69, 9.17) is 16.3 Å². The number of ether oxygens (including phenoxy) is 1. The third-order valence-corrected chi connectivity index (χ3v) is 4.07. The quantitative estimate of drug-likeness (QED) is 0.827. The number of carbonyl (C=O) groups excluding carboxylic acids is 1. The molecule has 136 valence electrons. The van der Waals surface area contributed by atoms with Gasteiger partial charge in [0.25, 0.3) is 0 Å². The Morgan fingerprint density at radius 3 is 2.35 bits per heavy atom. The van der Waals surface area contributed by atoms with Gasteiger partial charge in [-0.3, -0.25) is 4.79 Å². The molecule has 0 saturated heterocycles. The summed E-state index contributed by atoms with van der Waals surface area (Å²) in [5.41, 5.74) is -0.166. The normalized spacial score (nSPS) is 19.6. The molecule has 1 amide bonds. The second-order valence-electron chi connectivity index (χ2n) is 5.68. The van der Waals surface area contributed by atoms with Gasteiger partial charge in [0.05, 0.1) is 0 Å². The van der Waals surface area contributed by atoms with Crippen molar-refractivity contribution in [3.63, 3.8) is 0 Å². The van der Waals surface area contributed by atoms with Crippen LogP contribution >= 0.6 is 11.6 Å². The fraction of sp³-hybridized carbons (Fsp3) is 0.167. The molecule has 1 atom stereocenters. The molecule has 4 nitrogen and oxygen atoms in total. The van der Waals surface area contributed by atoms with E-state index in [1.54, 1.807) is 6.07 Å². The predicted molar refractivity (Wildman–Crippen MR) is 89.4 cm³/mol. The number of nitrogens with one attached hydrogen (secondary N) is 1. The summed E-state index contributed by atoms with van der Waals surface area (Å²) < 4.78 is 46.0. The summed E-state index contributed by atoms with van der Waals surface area (Å²) in [6.45, 7) is 1.05. The molecular weight excluding hydrogens is 371 g/mol. The summed E-state index contributed by atoms with van der Waals surface area (Å²) in [4.78, 5) is 11.6. The fourth-order valence-electron chi connectivity index (χ4n) is 2.72. The molecule has 0 aliphatic carbocycles. The van der Waals surface area contributed by atoms with Crippen LogP contribution in [0.2, 0.25) is 5.02 Å². The minimum atomic E-state index is -5.20. The molecule has 0 fully saturated rings. The lowest BCUT2D eigenvalue weighted by atomic mass is 9.89. The van der Waals surface area contributed by atoms with E-state index in [1.807, 2.05) is 0 Å². The van der Waals surface area contributed by atoms with E-state index in [0.717, 1.165) is 6.92 Å². The van der Waals surface area contributed by atoms with Crippen LogP contribution < -0.4 is 10.1 Å². The van der Waals surface area contributed by atoms with Crippen LogP contribution in [0.3, 0.4) is 0 Å². The maximum Gasteiger partial charge on any atom is 0.462 e. The van der Waals surface area contributed by atoms with Crippen LogP contribution in [-0.2, 0) is 4.79 Å². The summed E-state index contributed by atoms with van der Waals surface area (Å²) >= 11 is 5.86. The molecule has 0 saturated carbocycles. The molecule has 1 unspecified atom stereocenters. The van der Waals surface area contributed by atoms with E-state index in [0.29, 0.717) is 16.1 Å². The zero-order chi connectivity index (χ0) is 19.1. The van der Waals surface area contributed by atoms with Gasteiger partial charge in [0.15, 0.2) is 0 Å². The van der Waals surface area contributed by atoms with Crippen LogP contribution in [0.15, 0.2) is 54.2 Å². The van der Waals surface area contributed by atoms with Gasteiger partial charge in [-0.2, -0.15) is 13.2 Å². The second kappa shape index (κ2) is 6.34. The van der Waals surface area contributed by atoms with Gasteiger partial charge in [-0.25, -0.2) is 0 Å². The Morgan fingerprint density at radius 2 is 1.77 bits per heavy atom. The first-order valence-electron chi connectivity index (χ1n) is 7.49. The highest BCUT2D eigenvalue weighted by molar-refractivity contribution is 6.30. The Bertz CT molecular complexity index is 893. The minimum absolute atomic E-state index is 0.00135. The Labute approximate surface area is 151 Å². The summed E-state index contributed by atoms with van der Waals surface area (Å²) in [5.74, 6) is -4.65. The second-order valence-corrected chi connectivity index (χ2v) is 6.11. The van der Waals surface area contributed by atoms with Gasteiger partial charge < -0.3 is 15.2 Å². The molecular formula is C18H13ClF3NO3. The number of rotatable bonds is 2. The summed E-state index contributed by atoms with van der Waals surface area (Å²) in [7, 11) is 0. The summed E-state index contributed by atoms with van der Waals surface area (Å²) in [6.07, 6.45) is -5.20. The van der Waals surface area contributed by atoms with E-state index in [-0.39, 0.29) is 11.3 Å². The molecule has 1 aliphatic heterocycles. The molecule has 2 aromatic rings. The number of halogens is 4. The van der Waals surface area contributed by atoms with Crippen LogP contribution in [0, 0.1) is 0 Å². The summed E-state index contributed by atoms with van der Waals surface area (Å²) in [6, 6.07) is 11.9. The van der Waals surface area contributed by atoms with Gasteiger partial charge in [-0.15, -0.1) is 0 Å². The highest BCUT2D eigenvalue weighted by atomic mass is 35.5. The van der Waals surface area contributed by atoms with Crippen molar-refractivity contribution >= 4 is 23.1 Å². The number of amides is 1. The minimum Gasteiger partial charge on any atom is -0.448 e. The van der Waals surface area contributed by atoms with Gasteiger partial charge in [-0.05, 0) is 23.8 Å². The molecule has 3 rings (SSSR count). The van der Waals surface area contributed by atoms with Crippen molar-refractivity contribution < 1.29 is 27.8 Å². The highest BCUT2D eigenvalue weighted by Crippen LogP contribution is 2.47. The van der Waals surface area contributed by atoms with Crippen molar-refractivity contribution in [2.75, 3.05) is 0 Å². The monoisotopic (exact) mass is 383 g/mol. The van der Waals surface area contributed by atoms with Gasteiger partial charge in [0.1, 0.15) is 11.4 Å². The highest BCUT2D eigenvalue weighted by Gasteiger charge is 2.62. The molecule has 2 aromatic carbocycles. The largest absolute Gasteiger partial charge is 0.462 e. The van der Waals surface area contributed by atoms with E-state index >= 15 is 0 Å². The fourth-order valence-corrected chi connectivity index (χ4v) is 2.84. The molecule has 26 heavy (non-hydrogen) atoms.